The monoisotopic (exact) mass is 391 g/mol. The average molecular weight is 392 g/mol. The fraction of sp³-hybridized carbons (Fsp3) is 0.263. The summed E-state index contributed by atoms with van der Waals surface area (Å²) in [6.07, 6.45) is 0. The second kappa shape index (κ2) is 8.10. The van der Waals surface area contributed by atoms with Crippen LogP contribution >= 0.6 is 23.4 Å². The zero-order valence-corrected chi connectivity index (χ0v) is 16.4. The first-order valence-corrected chi connectivity index (χ1v) is 9.45. The number of aromatic nitrogens is 3. The molecule has 3 aromatic rings. The van der Waals surface area contributed by atoms with Crippen LogP contribution in [-0.4, -0.2) is 14.8 Å². The van der Waals surface area contributed by atoms with Crippen molar-refractivity contribution in [1.82, 2.24) is 14.8 Å². The SMILES string of the molecule is Cc1cc(OCc2nnc(SCc3cccc(F)c3)n2C)cc(C)c1Cl. The highest BCUT2D eigenvalue weighted by Crippen LogP contribution is 2.27. The van der Waals surface area contributed by atoms with Gasteiger partial charge in [0.2, 0.25) is 0 Å². The first-order chi connectivity index (χ1) is 12.4. The number of benzene rings is 2. The van der Waals surface area contributed by atoms with E-state index in [0.29, 0.717) is 12.4 Å². The van der Waals surface area contributed by atoms with Crippen LogP contribution in [0.2, 0.25) is 5.02 Å². The molecule has 2 aromatic carbocycles. The van der Waals surface area contributed by atoms with Crippen LogP contribution in [0.3, 0.4) is 0 Å². The number of halogens is 2. The van der Waals surface area contributed by atoms with Crippen LogP contribution in [0.5, 0.6) is 5.75 Å². The predicted molar refractivity (Wildman–Crippen MR) is 102 cm³/mol. The van der Waals surface area contributed by atoms with Crippen molar-refractivity contribution in [1.29, 1.82) is 0 Å². The second-order valence-electron chi connectivity index (χ2n) is 6.04. The highest BCUT2D eigenvalue weighted by atomic mass is 35.5. The molecule has 0 aliphatic heterocycles. The van der Waals surface area contributed by atoms with Crippen LogP contribution in [-0.2, 0) is 19.4 Å². The Morgan fingerprint density at radius 3 is 2.58 bits per heavy atom. The Kier molecular flexibility index (Phi) is 5.84. The Bertz CT molecular complexity index is 906. The Morgan fingerprint density at radius 2 is 1.88 bits per heavy atom. The number of hydrogen-bond donors (Lipinski definition) is 0. The van der Waals surface area contributed by atoms with Crippen molar-refractivity contribution in [3.63, 3.8) is 0 Å². The van der Waals surface area contributed by atoms with Gasteiger partial charge in [-0.05, 0) is 54.8 Å². The third-order valence-electron chi connectivity index (χ3n) is 3.96. The fourth-order valence-corrected chi connectivity index (χ4v) is 3.49. The summed E-state index contributed by atoms with van der Waals surface area (Å²) in [5.74, 6) is 1.86. The molecule has 26 heavy (non-hydrogen) atoms. The van der Waals surface area contributed by atoms with E-state index in [-0.39, 0.29) is 5.82 Å². The van der Waals surface area contributed by atoms with Gasteiger partial charge in [-0.3, -0.25) is 0 Å². The molecule has 0 saturated heterocycles. The standard InChI is InChI=1S/C19H19ClFN3OS/c1-12-7-16(8-13(2)18(12)20)25-10-17-22-23-19(24(17)3)26-11-14-5-4-6-15(21)9-14/h4-9H,10-11H2,1-3H3. The molecule has 0 spiro atoms. The fourth-order valence-electron chi connectivity index (χ4n) is 2.51. The molecule has 0 aliphatic rings. The lowest BCUT2D eigenvalue weighted by Gasteiger charge is -2.10. The molecule has 0 fully saturated rings. The summed E-state index contributed by atoms with van der Waals surface area (Å²) in [7, 11) is 1.89. The van der Waals surface area contributed by atoms with E-state index in [9.17, 15) is 4.39 Å². The normalized spacial score (nSPS) is 11.0. The van der Waals surface area contributed by atoms with Gasteiger partial charge in [0.1, 0.15) is 18.2 Å². The van der Waals surface area contributed by atoms with E-state index in [0.717, 1.165) is 38.4 Å². The molecular weight excluding hydrogens is 373 g/mol. The molecule has 0 N–H and O–H groups in total. The first-order valence-electron chi connectivity index (χ1n) is 8.09. The van der Waals surface area contributed by atoms with Gasteiger partial charge >= 0.3 is 0 Å². The molecule has 3 rings (SSSR count). The largest absolute Gasteiger partial charge is 0.486 e. The summed E-state index contributed by atoms with van der Waals surface area (Å²) < 4.78 is 21.0. The molecular formula is C19H19ClFN3OS. The molecule has 0 aliphatic carbocycles. The molecule has 0 atom stereocenters. The molecule has 0 unspecified atom stereocenters. The maximum Gasteiger partial charge on any atom is 0.191 e. The molecule has 0 bridgehead atoms. The van der Waals surface area contributed by atoms with Crippen molar-refractivity contribution in [3.8, 4) is 5.75 Å². The summed E-state index contributed by atoms with van der Waals surface area (Å²) in [5, 5.41) is 9.90. The number of nitrogens with zero attached hydrogens (tertiary/aromatic N) is 3. The number of hydrogen-bond acceptors (Lipinski definition) is 4. The summed E-state index contributed by atoms with van der Waals surface area (Å²) in [5.41, 5.74) is 2.86. The van der Waals surface area contributed by atoms with Gasteiger partial charge < -0.3 is 9.30 Å². The van der Waals surface area contributed by atoms with Crippen LogP contribution in [0.1, 0.15) is 22.5 Å². The molecule has 1 heterocycles. The molecule has 0 radical (unpaired) electrons. The minimum Gasteiger partial charge on any atom is -0.486 e. The minimum atomic E-state index is -0.233. The second-order valence-corrected chi connectivity index (χ2v) is 7.36. The Morgan fingerprint density at radius 1 is 1.15 bits per heavy atom. The van der Waals surface area contributed by atoms with Gasteiger partial charge in [-0.15, -0.1) is 10.2 Å². The third-order valence-corrected chi connectivity index (χ3v) is 5.65. The molecule has 1 aromatic heterocycles. The van der Waals surface area contributed by atoms with Crippen molar-refractivity contribution in [3.05, 3.63) is 69.8 Å². The topological polar surface area (TPSA) is 39.9 Å². The highest BCUT2D eigenvalue weighted by Gasteiger charge is 2.11. The van der Waals surface area contributed by atoms with Gasteiger partial charge in [0.15, 0.2) is 11.0 Å². The summed E-state index contributed by atoms with van der Waals surface area (Å²) in [4.78, 5) is 0. The van der Waals surface area contributed by atoms with Crippen molar-refractivity contribution in [2.45, 2.75) is 31.4 Å². The number of ether oxygens (including phenoxy) is 1. The molecule has 136 valence electrons. The van der Waals surface area contributed by atoms with Gasteiger partial charge in [-0.2, -0.15) is 0 Å². The quantitative estimate of drug-likeness (QED) is 0.548. The van der Waals surface area contributed by atoms with E-state index in [1.165, 1.54) is 23.9 Å². The maximum absolute atomic E-state index is 13.3. The number of thioether (sulfide) groups is 1. The van der Waals surface area contributed by atoms with E-state index in [2.05, 4.69) is 10.2 Å². The smallest absolute Gasteiger partial charge is 0.191 e. The van der Waals surface area contributed by atoms with Crippen molar-refractivity contribution < 1.29 is 9.13 Å². The number of rotatable bonds is 6. The lowest BCUT2D eigenvalue weighted by molar-refractivity contribution is 0.290. The molecule has 4 nitrogen and oxygen atoms in total. The van der Waals surface area contributed by atoms with Gasteiger partial charge in [0, 0.05) is 17.8 Å². The zero-order valence-electron chi connectivity index (χ0n) is 14.8. The van der Waals surface area contributed by atoms with Crippen LogP contribution in [0, 0.1) is 19.7 Å². The van der Waals surface area contributed by atoms with E-state index in [1.807, 2.05) is 43.7 Å². The van der Waals surface area contributed by atoms with Crippen LogP contribution in [0.4, 0.5) is 4.39 Å². The van der Waals surface area contributed by atoms with E-state index < -0.39 is 0 Å². The van der Waals surface area contributed by atoms with E-state index >= 15 is 0 Å². The Hall–Kier alpha value is -2.05. The summed E-state index contributed by atoms with van der Waals surface area (Å²) in [6.45, 7) is 4.21. The molecule has 0 amide bonds. The summed E-state index contributed by atoms with van der Waals surface area (Å²) in [6, 6.07) is 10.4. The summed E-state index contributed by atoms with van der Waals surface area (Å²) >= 11 is 7.69. The molecule has 0 saturated carbocycles. The minimum absolute atomic E-state index is 0.233. The van der Waals surface area contributed by atoms with Crippen molar-refractivity contribution >= 4 is 23.4 Å². The van der Waals surface area contributed by atoms with Gasteiger partial charge in [0.05, 0.1) is 0 Å². The lowest BCUT2D eigenvalue weighted by atomic mass is 10.1. The van der Waals surface area contributed by atoms with E-state index in [1.54, 1.807) is 6.07 Å². The average Bonchev–Trinajstić information content (AvgIpc) is 2.96. The Labute approximate surface area is 161 Å². The first kappa shape index (κ1) is 18.7. The van der Waals surface area contributed by atoms with E-state index in [4.69, 9.17) is 16.3 Å². The van der Waals surface area contributed by atoms with Crippen LogP contribution < -0.4 is 4.74 Å². The van der Waals surface area contributed by atoms with Gasteiger partial charge in [0.25, 0.3) is 0 Å². The maximum atomic E-state index is 13.3. The number of aryl methyl sites for hydroxylation is 2. The third kappa shape index (κ3) is 4.37. The van der Waals surface area contributed by atoms with Crippen LogP contribution in [0.25, 0.3) is 0 Å². The van der Waals surface area contributed by atoms with Crippen molar-refractivity contribution in [2.75, 3.05) is 0 Å². The van der Waals surface area contributed by atoms with Gasteiger partial charge in [-0.25, -0.2) is 4.39 Å². The van der Waals surface area contributed by atoms with Crippen molar-refractivity contribution in [2.24, 2.45) is 7.05 Å². The van der Waals surface area contributed by atoms with Gasteiger partial charge in [-0.1, -0.05) is 35.5 Å². The Balaban J connectivity index is 1.63. The molecule has 7 heteroatoms. The van der Waals surface area contributed by atoms with Crippen LogP contribution in [0.15, 0.2) is 41.6 Å². The lowest BCUT2D eigenvalue weighted by Crippen LogP contribution is -2.04. The predicted octanol–water partition coefficient (Wildman–Crippen LogP) is 5.10. The highest BCUT2D eigenvalue weighted by molar-refractivity contribution is 7.98. The zero-order chi connectivity index (χ0) is 18.7.